The van der Waals surface area contributed by atoms with Crippen molar-refractivity contribution in [3.8, 4) is 0 Å². The minimum Gasteiger partial charge on any atom is -0.344 e. The molecule has 0 saturated heterocycles. The Kier molecular flexibility index (Phi) is 4.16. The van der Waals surface area contributed by atoms with Gasteiger partial charge in [-0.2, -0.15) is 5.10 Å². The van der Waals surface area contributed by atoms with E-state index in [4.69, 9.17) is 0 Å². The maximum Gasteiger partial charge on any atom is 0.276 e. The van der Waals surface area contributed by atoms with Crippen LogP contribution in [0.25, 0.3) is 10.9 Å². The minimum atomic E-state index is -0.463. The smallest absolute Gasteiger partial charge is 0.276 e. The fourth-order valence-corrected chi connectivity index (χ4v) is 2.73. The van der Waals surface area contributed by atoms with Gasteiger partial charge < -0.3 is 5.32 Å². The third-order valence-corrected chi connectivity index (χ3v) is 4.07. The molecule has 1 N–H and O–H groups in total. The Morgan fingerprint density at radius 1 is 1.17 bits per heavy atom. The molecule has 5 nitrogen and oxygen atoms in total. The molecule has 0 aliphatic carbocycles. The Balaban J connectivity index is 1.98. The van der Waals surface area contributed by atoms with Crippen LogP contribution < -0.4 is 10.7 Å². The zero-order chi connectivity index (χ0) is 17.3. The van der Waals surface area contributed by atoms with Crippen molar-refractivity contribution < 1.29 is 4.79 Å². The number of aryl methyl sites for hydroxylation is 2. The molecule has 0 radical (unpaired) electrons. The van der Waals surface area contributed by atoms with Crippen LogP contribution in [0, 0.1) is 6.92 Å². The van der Waals surface area contributed by atoms with Crippen LogP contribution in [0.2, 0.25) is 0 Å². The van der Waals surface area contributed by atoms with Crippen molar-refractivity contribution in [2.24, 2.45) is 7.05 Å². The van der Waals surface area contributed by atoms with Gasteiger partial charge in [-0.15, -0.1) is 0 Å². The van der Waals surface area contributed by atoms with Gasteiger partial charge in [0.2, 0.25) is 5.43 Å². The maximum absolute atomic E-state index is 12.7. The van der Waals surface area contributed by atoms with Gasteiger partial charge in [0.15, 0.2) is 5.69 Å². The highest BCUT2D eigenvalue weighted by Crippen LogP contribution is 2.13. The summed E-state index contributed by atoms with van der Waals surface area (Å²) in [7, 11) is 1.73. The topological polar surface area (TPSA) is 64.0 Å². The molecule has 24 heavy (non-hydrogen) atoms. The molecule has 0 aliphatic rings. The van der Waals surface area contributed by atoms with Crippen molar-refractivity contribution in [1.29, 1.82) is 0 Å². The van der Waals surface area contributed by atoms with Gasteiger partial charge in [-0.25, -0.2) is 0 Å². The summed E-state index contributed by atoms with van der Waals surface area (Å²) in [5.74, 6) is -0.463. The Hall–Kier alpha value is -2.95. The first-order valence-corrected chi connectivity index (χ1v) is 7.81. The fourth-order valence-electron chi connectivity index (χ4n) is 2.73. The van der Waals surface area contributed by atoms with E-state index in [9.17, 15) is 9.59 Å². The van der Waals surface area contributed by atoms with E-state index in [2.05, 4.69) is 10.4 Å². The molecule has 122 valence electrons. The van der Waals surface area contributed by atoms with Gasteiger partial charge in [-0.3, -0.25) is 14.3 Å². The molecule has 1 aromatic heterocycles. The highest BCUT2D eigenvalue weighted by atomic mass is 16.2. The summed E-state index contributed by atoms with van der Waals surface area (Å²) in [5, 5.41) is 7.52. The van der Waals surface area contributed by atoms with Crippen molar-refractivity contribution in [3.05, 3.63) is 75.6 Å². The van der Waals surface area contributed by atoms with E-state index >= 15 is 0 Å². The summed E-state index contributed by atoms with van der Waals surface area (Å²) in [6.45, 7) is 3.79. The molecule has 0 aliphatic heterocycles. The van der Waals surface area contributed by atoms with Gasteiger partial charge >= 0.3 is 0 Å². The first kappa shape index (κ1) is 15.9. The Morgan fingerprint density at radius 3 is 2.58 bits per heavy atom. The lowest BCUT2D eigenvalue weighted by Gasteiger charge is -2.14. The molecule has 3 rings (SSSR count). The number of amides is 1. The zero-order valence-electron chi connectivity index (χ0n) is 13.9. The van der Waals surface area contributed by atoms with Crippen LogP contribution >= 0.6 is 0 Å². The number of nitrogens with zero attached hydrogens (tertiary/aromatic N) is 2. The summed E-state index contributed by atoms with van der Waals surface area (Å²) >= 11 is 0. The minimum absolute atomic E-state index is 0.0848. The molecule has 1 atom stereocenters. The largest absolute Gasteiger partial charge is 0.344 e. The summed E-state index contributed by atoms with van der Waals surface area (Å²) in [6.07, 6.45) is 0. The van der Waals surface area contributed by atoms with Crippen molar-refractivity contribution >= 4 is 16.8 Å². The lowest BCUT2D eigenvalue weighted by molar-refractivity contribution is 0.0932. The first-order chi connectivity index (χ1) is 11.5. The van der Waals surface area contributed by atoms with Crippen LogP contribution in [0.15, 0.2) is 53.3 Å². The summed E-state index contributed by atoms with van der Waals surface area (Å²) < 4.78 is 1.57. The number of rotatable bonds is 3. The molecular formula is C19H19N3O2. The van der Waals surface area contributed by atoms with E-state index in [1.165, 1.54) is 0 Å². The van der Waals surface area contributed by atoms with Gasteiger partial charge in [0.05, 0.1) is 16.9 Å². The third kappa shape index (κ3) is 2.93. The summed E-state index contributed by atoms with van der Waals surface area (Å²) in [5.41, 5.74) is 2.22. The van der Waals surface area contributed by atoms with Crippen molar-refractivity contribution in [2.75, 3.05) is 0 Å². The molecule has 1 amide bonds. The van der Waals surface area contributed by atoms with Crippen LogP contribution in [0.5, 0.6) is 0 Å². The highest BCUT2D eigenvalue weighted by molar-refractivity contribution is 5.95. The van der Waals surface area contributed by atoms with E-state index in [-0.39, 0.29) is 17.2 Å². The number of carbonyl (C=O) groups excluding carboxylic acids is 1. The van der Waals surface area contributed by atoms with Gasteiger partial charge in [0.1, 0.15) is 0 Å². The zero-order valence-corrected chi connectivity index (χ0v) is 13.9. The third-order valence-electron chi connectivity index (χ3n) is 4.07. The fraction of sp³-hybridized carbons (Fsp3) is 0.211. The molecular weight excluding hydrogens is 302 g/mol. The predicted molar refractivity (Wildman–Crippen MR) is 94.0 cm³/mol. The van der Waals surface area contributed by atoms with Crippen LogP contribution in [0.4, 0.5) is 0 Å². The SMILES string of the molecule is Cc1ccc2c(c1)c(=O)c(C(=O)NC(C)c1ccccc1)nn2C. The van der Waals surface area contributed by atoms with Gasteiger partial charge in [-0.05, 0) is 31.5 Å². The second-order valence-corrected chi connectivity index (χ2v) is 5.93. The number of fused-ring (bicyclic) bond motifs is 1. The number of aromatic nitrogens is 2. The quantitative estimate of drug-likeness (QED) is 0.807. The van der Waals surface area contributed by atoms with Crippen molar-refractivity contribution in [3.63, 3.8) is 0 Å². The Bertz CT molecular complexity index is 962. The van der Waals surface area contributed by atoms with Gasteiger partial charge in [0, 0.05) is 7.05 Å². The lowest BCUT2D eigenvalue weighted by Crippen LogP contribution is -2.33. The van der Waals surface area contributed by atoms with Crippen molar-refractivity contribution in [2.45, 2.75) is 19.9 Å². The normalized spacial score (nSPS) is 12.1. The molecule has 0 saturated carbocycles. The van der Waals surface area contributed by atoms with Crippen molar-refractivity contribution in [1.82, 2.24) is 15.1 Å². The monoisotopic (exact) mass is 321 g/mol. The Morgan fingerprint density at radius 2 is 1.88 bits per heavy atom. The summed E-state index contributed by atoms with van der Waals surface area (Å²) in [4.78, 5) is 25.2. The van der Waals surface area contributed by atoms with E-state index < -0.39 is 5.91 Å². The molecule has 1 heterocycles. The van der Waals surface area contributed by atoms with Gasteiger partial charge in [0.25, 0.3) is 5.91 Å². The number of carbonyl (C=O) groups is 1. The van der Waals surface area contributed by atoms with Crippen LogP contribution in [-0.4, -0.2) is 15.7 Å². The number of hydrogen-bond donors (Lipinski definition) is 1. The average Bonchev–Trinajstić information content (AvgIpc) is 2.58. The second kappa shape index (κ2) is 6.28. The van der Waals surface area contributed by atoms with Crippen LogP contribution in [-0.2, 0) is 7.05 Å². The molecule has 2 aromatic carbocycles. The van der Waals surface area contributed by atoms with E-state index in [0.29, 0.717) is 10.9 Å². The highest BCUT2D eigenvalue weighted by Gasteiger charge is 2.18. The van der Waals surface area contributed by atoms with Gasteiger partial charge in [-0.1, -0.05) is 42.0 Å². The molecule has 0 bridgehead atoms. The molecule has 1 unspecified atom stereocenters. The van der Waals surface area contributed by atoms with E-state index in [1.54, 1.807) is 17.8 Å². The van der Waals surface area contributed by atoms with Crippen LogP contribution in [0.1, 0.15) is 34.6 Å². The van der Waals surface area contributed by atoms with E-state index in [1.807, 2.05) is 56.3 Å². The maximum atomic E-state index is 12.7. The average molecular weight is 321 g/mol. The Labute approximate surface area is 139 Å². The number of nitrogens with one attached hydrogen (secondary N) is 1. The van der Waals surface area contributed by atoms with Crippen LogP contribution in [0.3, 0.4) is 0 Å². The standard InChI is InChI=1S/C19H19N3O2/c1-12-9-10-16-15(11-12)18(23)17(21-22(16)3)19(24)20-13(2)14-7-5-4-6-8-14/h4-11,13H,1-3H3,(H,20,24). The lowest BCUT2D eigenvalue weighted by atomic mass is 10.1. The number of benzene rings is 2. The molecule has 3 aromatic rings. The predicted octanol–water partition coefficient (Wildman–Crippen LogP) is 2.73. The molecule has 0 spiro atoms. The van der Waals surface area contributed by atoms with E-state index in [0.717, 1.165) is 11.1 Å². The first-order valence-electron chi connectivity index (χ1n) is 7.81. The summed E-state index contributed by atoms with van der Waals surface area (Å²) in [6, 6.07) is 14.9. The second-order valence-electron chi connectivity index (χ2n) is 5.93. The number of hydrogen-bond acceptors (Lipinski definition) is 3. The molecule has 0 fully saturated rings. The molecule has 5 heteroatoms.